The molecule has 0 unspecified atom stereocenters. The number of rotatable bonds is 10. The molecule has 0 fully saturated rings. The molecule has 200 valence electrons. The Morgan fingerprint density at radius 3 is 2.51 bits per heavy atom. The topological polar surface area (TPSA) is 81.7 Å². The fraction of sp³-hybridized carbons (Fsp3) is 0.290. The summed E-state index contributed by atoms with van der Waals surface area (Å²) in [4.78, 5) is 15.3. The largest absolute Gasteiger partial charge is 0.359 e. The summed E-state index contributed by atoms with van der Waals surface area (Å²) in [6.07, 6.45) is 7.10. The van der Waals surface area contributed by atoms with Crippen LogP contribution in [-0.4, -0.2) is 24.7 Å². The Kier molecular flexibility index (Phi) is 8.12. The van der Waals surface area contributed by atoms with Crippen LogP contribution in [0.3, 0.4) is 0 Å². The fourth-order valence-electron chi connectivity index (χ4n) is 4.42. The van der Waals surface area contributed by atoms with E-state index in [1.165, 1.54) is 16.7 Å². The maximum atomic E-state index is 5.29. The summed E-state index contributed by atoms with van der Waals surface area (Å²) in [6.45, 7) is 10.9. The van der Waals surface area contributed by atoms with Crippen LogP contribution in [0.15, 0.2) is 70.3 Å². The van der Waals surface area contributed by atoms with Crippen molar-refractivity contribution in [2.75, 3.05) is 4.72 Å². The highest BCUT2D eigenvalue weighted by molar-refractivity contribution is 8.00. The van der Waals surface area contributed by atoms with Gasteiger partial charge in [-0.05, 0) is 68.8 Å². The van der Waals surface area contributed by atoms with Gasteiger partial charge in [-0.25, -0.2) is 9.97 Å². The number of hydrogen-bond donors (Lipinski definition) is 1. The van der Waals surface area contributed by atoms with Crippen molar-refractivity contribution < 1.29 is 4.52 Å². The van der Waals surface area contributed by atoms with Gasteiger partial charge < -0.3 is 13.8 Å². The summed E-state index contributed by atoms with van der Waals surface area (Å²) in [7, 11) is 0. The summed E-state index contributed by atoms with van der Waals surface area (Å²) in [5.74, 6) is 2.67. The van der Waals surface area contributed by atoms with E-state index in [0.29, 0.717) is 0 Å². The first kappa shape index (κ1) is 26.7. The molecule has 8 heteroatoms. The molecule has 5 aromatic rings. The minimum atomic E-state index is 0.757. The quantitative estimate of drug-likeness (QED) is 0.182. The molecule has 5 rings (SSSR count). The lowest BCUT2D eigenvalue weighted by Crippen LogP contribution is -2.04. The van der Waals surface area contributed by atoms with E-state index in [4.69, 9.17) is 14.5 Å². The molecule has 7 nitrogen and oxygen atoms in total. The molecule has 1 N–H and O–H groups in total. The number of benzene rings is 2. The van der Waals surface area contributed by atoms with Crippen molar-refractivity contribution in [1.29, 1.82) is 0 Å². The third kappa shape index (κ3) is 6.06. The second kappa shape index (κ2) is 11.9. The fourth-order valence-corrected chi connectivity index (χ4v) is 5.26. The lowest BCUT2D eigenvalue weighted by atomic mass is 10.0. The second-order valence-corrected chi connectivity index (χ2v) is 10.7. The van der Waals surface area contributed by atoms with Gasteiger partial charge in [0.05, 0.1) is 11.4 Å². The van der Waals surface area contributed by atoms with Gasteiger partial charge >= 0.3 is 0 Å². The van der Waals surface area contributed by atoms with Crippen molar-refractivity contribution >= 4 is 17.8 Å². The van der Waals surface area contributed by atoms with Crippen LogP contribution in [0.5, 0.6) is 0 Å². The number of hydrogen-bond acceptors (Lipinski definition) is 7. The molecule has 39 heavy (non-hydrogen) atoms. The molecule has 0 bridgehead atoms. The predicted octanol–water partition coefficient (Wildman–Crippen LogP) is 7.74. The number of anilines is 1. The Balaban J connectivity index is 1.37. The van der Waals surface area contributed by atoms with Gasteiger partial charge in [-0.2, -0.15) is 0 Å². The van der Waals surface area contributed by atoms with E-state index in [0.717, 1.165) is 76.4 Å². The molecular formula is C31H34N6OS. The number of nitrogens with one attached hydrogen (secondary N) is 1. The molecule has 0 radical (unpaired) electrons. The van der Waals surface area contributed by atoms with Gasteiger partial charge in [-0.1, -0.05) is 61.0 Å². The normalized spacial score (nSPS) is 11.2. The van der Waals surface area contributed by atoms with E-state index >= 15 is 0 Å². The minimum Gasteiger partial charge on any atom is -0.359 e. The van der Waals surface area contributed by atoms with E-state index in [2.05, 4.69) is 81.1 Å². The van der Waals surface area contributed by atoms with Gasteiger partial charge in [-0.15, -0.1) is 0 Å². The van der Waals surface area contributed by atoms with Crippen LogP contribution in [0.1, 0.15) is 53.9 Å². The molecule has 0 atom stereocenters. The van der Waals surface area contributed by atoms with Crippen LogP contribution < -0.4 is 4.72 Å². The van der Waals surface area contributed by atoms with Crippen LogP contribution in [0, 0.1) is 27.7 Å². The lowest BCUT2D eigenvalue weighted by molar-refractivity contribution is 0.399. The highest BCUT2D eigenvalue weighted by Crippen LogP contribution is 2.33. The van der Waals surface area contributed by atoms with Crippen LogP contribution in [-0.2, 0) is 13.0 Å². The van der Waals surface area contributed by atoms with Gasteiger partial charge in [0, 0.05) is 35.8 Å². The second-order valence-electron chi connectivity index (χ2n) is 9.83. The summed E-state index contributed by atoms with van der Waals surface area (Å²) < 4.78 is 10.9. The standard InChI is InChI=1S/C31H34N6OS/c1-6-7-12-29-34-27(30-22(4)32-17-20(2)33-30)19-37(29)18-24-13-15-25(16-14-24)26-10-8-9-11-28(26)39-36-31-21(3)23(5)38-35-31/h8-11,13-17,19H,6-7,12,18H2,1-5H3,(H,35,36). The first-order valence-electron chi connectivity index (χ1n) is 13.3. The van der Waals surface area contributed by atoms with E-state index in [1.807, 2.05) is 27.7 Å². The zero-order valence-corrected chi connectivity index (χ0v) is 24.0. The van der Waals surface area contributed by atoms with E-state index in [9.17, 15) is 0 Å². The van der Waals surface area contributed by atoms with Crippen molar-refractivity contribution in [1.82, 2.24) is 24.7 Å². The summed E-state index contributed by atoms with van der Waals surface area (Å²) >= 11 is 1.55. The average Bonchev–Trinajstić information content (AvgIpc) is 3.50. The molecule has 0 saturated heterocycles. The van der Waals surface area contributed by atoms with Crippen LogP contribution in [0.25, 0.3) is 22.5 Å². The number of aromatic nitrogens is 5. The Hall–Kier alpha value is -3.91. The number of aryl methyl sites for hydroxylation is 4. The zero-order valence-electron chi connectivity index (χ0n) is 23.2. The summed E-state index contributed by atoms with van der Waals surface area (Å²) in [5, 5.41) is 4.12. The van der Waals surface area contributed by atoms with Gasteiger partial charge in [-0.3, -0.25) is 4.98 Å². The number of imidazole rings is 1. The maximum absolute atomic E-state index is 5.29. The van der Waals surface area contributed by atoms with Crippen LogP contribution in [0.4, 0.5) is 5.82 Å². The van der Waals surface area contributed by atoms with Gasteiger partial charge in [0.1, 0.15) is 23.0 Å². The Morgan fingerprint density at radius 2 is 1.77 bits per heavy atom. The van der Waals surface area contributed by atoms with E-state index in [-0.39, 0.29) is 0 Å². The lowest BCUT2D eigenvalue weighted by Gasteiger charge is -2.11. The third-order valence-corrected chi connectivity index (χ3v) is 7.72. The molecule has 2 aromatic carbocycles. The highest BCUT2D eigenvalue weighted by atomic mass is 32.2. The monoisotopic (exact) mass is 538 g/mol. The minimum absolute atomic E-state index is 0.757. The average molecular weight is 539 g/mol. The van der Waals surface area contributed by atoms with Crippen molar-refractivity contribution in [2.45, 2.75) is 65.3 Å². The summed E-state index contributed by atoms with van der Waals surface area (Å²) in [6, 6.07) is 17.2. The van der Waals surface area contributed by atoms with Crippen molar-refractivity contribution in [3.05, 3.63) is 95.0 Å². The molecule has 3 heterocycles. The molecule has 0 spiro atoms. The van der Waals surface area contributed by atoms with E-state index < -0.39 is 0 Å². The molecular weight excluding hydrogens is 504 g/mol. The maximum Gasteiger partial charge on any atom is 0.182 e. The first-order valence-corrected chi connectivity index (χ1v) is 14.1. The molecule has 0 aliphatic heterocycles. The smallest absolute Gasteiger partial charge is 0.182 e. The van der Waals surface area contributed by atoms with Gasteiger partial charge in [0.25, 0.3) is 0 Å². The Morgan fingerprint density at radius 1 is 0.974 bits per heavy atom. The van der Waals surface area contributed by atoms with Crippen molar-refractivity contribution in [2.24, 2.45) is 0 Å². The highest BCUT2D eigenvalue weighted by Gasteiger charge is 2.15. The van der Waals surface area contributed by atoms with Crippen LogP contribution >= 0.6 is 11.9 Å². The SMILES string of the molecule is CCCCc1nc(-c2nc(C)cnc2C)cn1Cc1ccc(-c2ccccc2SNc2noc(C)c2C)cc1. The van der Waals surface area contributed by atoms with Crippen molar-refractivity contribution in [3.63, 3.8) is 0 Å². The number of unbranched alkanes of at least 4 members (excludes halogenated alkanes) is 1. The Bertz CT molecular complexity index is 1570. The van der Waals surface area contributed by atoms with Crippen LogP contribution in [0.2, 0.25) is 0 Å². The summed E-state index contributed by atoms with van der Waals surface area (Å²) in [5.41, 5.74) is 8.14. The Labute approximate surface area is 234 Å². The third-order valence-electron chi connectivity index (χ3n) is 6.85. The first-order chi connectivity index (χ1) is 18.9. The van der Waals surface area contributed by atoms with Crippen molar-refractivity contribution in [3.8, 4) is 22.5 Å². The molecule has 0 aliphatic carbocycles. The predicted molar refractivity (Wildman–Crippen MR) is 158 cm³/mol. The van der Waals surface area contributed by atoms with E-state index in [1.54, 1.807) is 18.1 Å². The molecule has 3 aromatic heterocycles. The number of nitrogens with zero attached hydrogens (tertiary/aromatic N) is 5. The molecule has 0 amide bonds. The van der Waals surface area contributed by atoms with Gasteiger partial charge in [0.15, 0.2) is 5.82 Å². The zero-order chi connectivity index (χ0) is 27.4. The molecule has 0 aliphatic rings. The molecule has 0 saturated carbocycles. The van der Waals surface area contributed by atoms with Gasteiger partial charge in [0.2, 0.25) is 0 Å².